The van der Waals surface area contributed by atoms with Crippen LogP contribution < -0.4 is 4.74 Å². The zero-order valence-corrected chi connectivity index (χ0v) is 13.5. The predicted octanol–water partition coefficient (Wildman–Crippen LogP) is 3.52. The van der Waals surface area contributed by atoms with E-state index in [1.54, 1.807) is 7.11 Å². The first-order valence-electron chi connectivity index (χ1n) is 8.02. The third-order valence-corrected chi connectivity index (χ3v) is 4.30. The molecule has 116 valence electrons. The normalized spacial score (nSPS) is 18.9. The van der Waals surface area contributed by atoms with Gasteiger partial charge in [-0.1, -0.05) is 26.0 Å². The summed E-state index contributed by atoms with van der Waals surface area (Å²) < 4.78 is 5.27. The molecule has 1 amide bonds. The number of carbonyl (C=O) groups excluding carboxylic acids is 1. The first-order chi connectivity index (χ1) is 10.1. The van der Waals surface area contributed by atoms with Crippen molar-refractivity contribution in [3.05, 3.63) is 29.8 Å². The highest BCUT2D eigenvalue weighted by molar-refractivity contribution is 5.78. The summed E-state index contributed by atoms with van der Waals surface area (Å²) in [4.78, 5) is 14.2. The van der Waals surface area contributed by atoms with Crippen LogP contribution in [-0.2, 0) is 11.2 Å². The second-order valence-corrected chi connectivity index (χ2v) is 6.34. The zero-order valence-electron chi connectivity index (χ0n) is 13.5. The Morgan fingerprint density at radius 2 is 2.24 bits per heavy atom. The van der Waals surface area contributed by atoms with Crippen LogP contribution in [0.4, 0.5) is 0 Å². The number of rotatable bonds is 5. The number of hydrogen-bond donors (Lipinski definition) is 0. The average Bonchev–Trinajstić information content (AvgIpc) is 2.52. The minimum atomic E-state index is 0.113. The van der Waals surface area contributed by atoms with Crippen molar-refractivity contribution in [2.45, 2.75) is 39.5 Å². The van der Waals surface area contributed by atoms with Crippen LogP contribution in [0.2, 0.25) is 0 Å². The van der Waals surface area contributed by atoms with Crippen molar-refractivity contribution < 1.29 is 9.53 Å². The van der Waals surface area contributed by atoms with E-state index in [0.29, 0.717) is 11.8 Å². The third-order valence-electron chi connectivity index (χ3n) is 4.30. The van der Waals surface area contributed by atoms with Crippen molar-refractivity contribution in [1.29, 1.82) is 0 Å². The van der Waals surface area contributed by atoms with Crippen molar-refractivity contribution in [1.82, 2.24) is 4.90 Å². The topological polar surface area (TPSA) is 29.5 Å². The first kappa shape index (κ1) is 15.9. The maximum Gasteiger partial charge on any atom is 0.225 e. The van der Waals surface area contributed by atoms with Gasteiger partial charge in [0.15, 0.2) is 0 Å². The minimum absolute atomic E-state index is 0.113. The molecular formula is C18H27NO2. The molecule has 1 atom stereocenters. The molecule has 0 spiro atoms. The van der Waals surface area contributed by atoms with Gasteiger partial charge in [0, 0.05) is 19.0 Å². The molecule has 0 aliphatic carbocycles. The molecule has 0 saturated carbocycles. The van der Waals surface area contributed by atoms with Crippen LogP contribution in [0.15, 0.2) is 24.3 Å². The Kier molecular flexibility index (Phi) is 5.66. The van der Waals surface area contributed by atoms with Gasteiger partial charge in [0.1, 0.15) is 5.75 Å². The molecule has 2 rings (SSSR count). The van der Waals surface area contributed by atoms with Crippen LogP contribution in [0.1, 0.15) is 38.7 Å². The van der Waals surface area contributed by atoms with E-state index in [0.717, 1.165) is 38.1 Å². The Morgan fingerprint density at radius 3 is 2.95 bits per heavy atom. The largest absolute Gasteiger partial charge is 0.497 e. The predicted molar refractivity (Wildman–Crippen MR) is 85.5 cm³/mol. The Morgan fingerprint density at radius 1 is 1.43 bits per heavy atom. The number of amides is 1. The summed E-state index contributed by atoms with van der Waals surface area (Å²) in [6.07, 6.45) is 4.59. The van der Waals surface area contributed by atoms with Gasteiger partial charge in [0.25, 0.3) is 0 Å². The molecule has 1 aromatic rings. The molecule has 3 nitrogen and oxygen atoms in total. The molecule has 0 radical (unpaired) electrons. The fraction of sp³-hybridized carbons (Fsp3) is 0.611. The molecule has 1 aliphatic heterocycles. The summed E-state index contributed by atoms with van der Waals surface area (Å²) in [6.45, 7) is 5.85. The molecule has 0 N–H and O–H groups in total. The van der Waals surface area contributed by atoms with Crippen LogP contribution >= 0.6 is 0 Å². The quantitative estimate of drug-likeness (QED) is 0.830. The standard InChI is InChI=1S/C18H27NO2/c1-14(2)18(20)19-11-5-7-16(13-19)10-9-15-6-4-8-17(12-15)21-3/h4,6,8,12,14,16H,5,7,9-11,13H2,1-3H3. The lowest BCUT2D eigenvalue weighted by Crippen LogP contribution is -2.42. The Bertz CT molecular complexity index is 470. The third kappa shape index (κ3) is 4.48. The van der Waals surface area contributed by atoms with Gasteiger partial charge < -0.3 is 9.64 Å². The van der Waals surface area contributed by atoms with Crippen LogP contribution in [0.5, 0.6) is 5.75 Å². The van der Waals surface area contributed by atoms with Crippen LogP contribution in [0.25, 0.3) is 0 Å². The van der Waals surface area contributed by atoms with Gasteiger partial charge >= 0.3 is 0 Å². The molecule has 1 fully saturated rings. The fourth-order valence-corrected chi connectivity index (χ4v) is 3.06. The first-order valence-corrected chi connectivity index (χ1v) is 8.02. The lowest BCUT2D eigenvalue weighted by atomic mass is 9.91. The van der Waals surface area contributed by atoms with Gasteiger partial charge in [-0.15, -0.1) is 0 Å². The second-order valence-electron chi connectivity index (χ2n) is 6.34. The summed E-state index contributed by atoms with van der Waals surface area (Å²) in [6, 6.07) is 8.29. The van der Waals surface area contributed by atoms with Gasteiger partial charge in [-0.05, 0) is 49.3 Å². The number of benzene rings is 1. The average molecular weight is 289 g/mol. The molecule has 0 bridgehead atoms. The second kappa shape index (κ2) is 7.48. The van der Waals surface area contributed by atoms with E-state index in [2.05, 4.69) is 17.0 Å². The Labute approximate surface area is 128 Å². The molecule has 1 aromatic carbocycles. The zero-order chi connectivity index (χ0) is 15.2. The summed E-state index contributed by atoms with van der Waals surface area (Å²) in [5.74, 6) is 1.98. The number of likely N-dealkylation sites (tertiary alicyclic amines) is 1. The van der Waals surface area contributed by atoms with Crippen LogP contribution in [0, 0.1) is 11.8 Å². The van der Waals surface area contributed by atoms with Gasteiger partial charge in [0.05, 0.1) is 7.11 Å². The maximum absolute atomic E-state index is 12.1. The summed E-state index contributed by atoms with van der Waals surface area (Å²) in [7, 11) is 1.70. The van der Waals surface area contributed by atoms with Crippen molar-refractivity contribution >= 4 is 5.91 Å². The Hall–Kier alpha value is -1.51. The van der Waals surface area contributed by atoms with Gasteiger partial charge in [-0.25, -0.2) is 0 Å². The smallest absolute Gasteiger partial charge is 0.225 e. The lowest BCUT2D eigenvalue weighted by molar-refractivity contribution is -0.136. The van der Waals surface area contributed by atoms with Crippen LogP contribution in [0.3, 0.4) is 0 Å². The molecule has 0 aromatic heterocycles. The van der Waals surface area contributed by atoms with E-state index in [-0.39, 0.29) is 5.92 Å². The molecule has 1 unspecified atom stereocenters. The molecule has 3 heteroatoms. The molecular weight excluding hydrogens is 262 g/mol. The van der Waals surface area contributed by atoms with Crippen molar-refractivity contribution in [3.63, 3.8) is 0 Å². The number of aryl methyl sites for hydroxylation is 1. The van der Waals surface area contributed by atoms with E-state index < -0.39 is 0 Å². The van der Waals surface area contributed by atoms with Crippen molar-refractivity contribution in [2.75, 3.05) is 20.2 Å². The van der Waals surface area contributed by atoms with Crippen LogP contribution in [-0.4, -0.2) is 31.0 Å². The van der Waals surface area contributed by atoms with E-state index in [4.69, 9.17) is 4.74 Å². The number of hydrogen-bond acceptors (Lipinski definition) is 2. The number of piperidine rings is 1. The molecule has 1 aliphatic rings. The summed E-state index contributed by atoms with van der Waals surface area (Å²) in [5.41, 5.74) is 1.32. The highest BCUT2D eigenvalue weighted by Gasteiger charge is 2.24. The van der Waals surface area contributed by atoms with Gasteiger partial charge in [0.2, 0.25) is 5.91 Å². The van der Waals surface area contributed by atoms with Crippen molar-refractivity contribution in [2.24, 2.45) is 11.8 Å². The monoisotopic (exact) mass is 289 g/mol. The molecule has 1 saturated heterocycles. The number of nitrogens with zero attached hydrogens (tertiary/aromatic N) is 1. The number of carbonyl (C=O) groups is 1. The van der Waals surface area contributed by atoms with Gasteiger partial charge in [-0.3, -0.25) is 4.79 Å². The number of methoxy groups -OCH3 is 1. The van der Waals surface area contributed by atoms with Crippen molar-refractivity contribution in [3.8, 4) is 5.75 Å². The summed E-state index contributed by atoms with van der Waals surface area (Å²) in [5, 5.41) is 0. The highest BCUT2D eigenvalue weighted by atomic mass is 16.5. The summed E-state index contributed by atoms with van der Waals surface area (Å²) >= 11 is 0. The fourth-order valence-electron chi connectivity index (χ4n) is 3.06. The maximum atomic E-state index is 12.1. The van der Waals surface area contributed by atoms with E-state index in [1.165, 1.54) is 12.0 Å². The Balaban J connectivity index is 1.86. The molecule has 1 heterocycles. The number of ether oxygens (including phenoxy) is 1. The van der Waals surface area contributed by atoms with E-state index in [9.17, 15) is 4.79 Å². The molecule has 21 heavy (non-hydrogen) atoms. The van der Waals surface area contributed by atoms with E-state index in [1.807, 2.05) is 26.0 Å². The minimum Gasteiger partial charge on any atom is -0.497 e. The lowest BCUT2D eigenvalue weighted by Gasteiger charge is -2.34. The SMILES string of the molecule is COc1cccc(CCC2CCCN(C(=O)C(C)C)C2)c1. The van der Waals surface area contributed by atoms with Gasteiger partial charge in [-0.2, -0.15) is 0 Å². The highest BCUT2D eigenvalue weighted by Crippen LogP contribution is 2.23. The van der Waals surface area contributed by atoms with E-state index >= 15 is 0 Å².